The van der Waals surface area contributed by atoms with Crippen LogP contribution in [0, 0.1) is 0 Å². The fourth-order valence-electron chi connectivity index (χ4n) is 2.17. The van der Waals surface area contributed by atoms with E-state index in [-0.39, 0.29) is 24.3 Å². The van der Waals surface area contributed by atoms with E-state index in [9.17, 15) is 14.4 Å². The molecular formula is C18H18BrNO6S. The molecule has 1 fully saturated rings. The summed E-state index contributed by atoms with van der Waals surface area (Å²) in [5.74, 6) is -0.137. The number of methoxy groups -OCH3 is 1. The highest BCUT2D eigenvalue weighted by Gasteiger charge is 2.34. The van der Waals surface area contributed by atoms with Crippen molar-refractivity contribution in [1.82, 2.24) is 4.90 Å². The van der Waals surface area contributed by atoms with Crippen molar-refractivity contribution in [3.8, 4) is 11.5 Å². The van der Waals surface area contributed by atoms with Gasteiger partial charge in [0, 0.05) is 11.0 Å². The monoisotopic (exact) mass is 455 g/mol. The van der Waals surface area contributed by atoms with Gasteiger partial charge in [0.25, 0.3) is 11.1 Å². The molecule has 0 radical (unpaired) electrons. The molecule has 0 saturated carbocycles. The first kappa shape index (κ1) is 21.0. The number of carbonyl (C=O) groups excluding carboxylic acids is 3. The van der Waals surface area contributed by atoms with Gasteiger partial charge in [0.2, 0.25) is 0 Å². The molecule has 27 heavy (non-hydrogen) atoms. The third kappa shape index (κ3) is 5.14. The summed E-state index contributed by atoms with van der Waals surface area (Å²) in [5, 5.41) is -0.342. The second-order valence-electron chi connectivity index (χ2n) is 5.20. The van der Waals surface area contributed by atoms with Crippen LogP contribution in [0.2, 0.25) is 0 Å². The number of benzene rings is 1. The molecule has 0 aromatic heterocycles. The maximum absolute atomic E-state index is 12.4. The topological polar surface area (TPSA) is 82.1 Å². The van der Waals surface area contributed by atoms with E-state index >= 15 is 0 Å². The third-order valence-corrected chi connectivity index (χ3v) is 5.00. The highest BCUT2D eigenvalue weighted by molar-refractivity contribution is 9.10. The minimum atomic E-state index is -0.520. The number of halogens is 1. The lowest BCUT2D eigenvalue weighted by molar-refractivity contribution is -0.142. The molecule has 2 amide bonds. The SMILES string of the molecule is C=CCN1C(=O)SC(=Cc2cc(OCC)c(OCC(=O)OC)cc2Br)C1=O. The maximum Gasteiger partial charge on any atom is 0.343 e. The quantitative estimate of drug-likeness (QED) is 0.336. The van der Waals surface area contributed by atoms with Crippen molar-refractivity contribution in [3.63, 3.8) is 0 Å². The lowest BCUT2D eigenvalue weighted by Crippen LogP contribution is -2.27. The molecule has 2 rings (SSSR count). The van der Waals surface area contributed by atoms with Crippen LogP contribution < -0.4 is 9.47 Å². The van der Waals surface area contributed by atoms with Crippen LogP contribution >= 0.6 is 27.7 Å². The van der Waals surface area contributed by atoms with Crippen molar-refractivity contribution in [1.29, 1.82) is 0 Å². The Balaban J connectivity index is 2.33. The summed E-state index contributed by atoms with van der Waals surface area (Å²) < 4.78 is 16.2. The summed E-state index contributed by atoms with van der Waals surface area (Å²) >= 11 is 4.28. The molecule has 0 unspecified atom stereocenters. The predicted octanol–water partition coefficient (Wildman–Crippen LogP) is 3.62. The Morgan fingerprint density at radius 1 is 1.30 bits per heavy atom. The molecule has 1 saturated heterocycles. The fraction of sp³-hybridized carbons (Fsp3) is 0.278. The molecule has 144 valence electrons. The molecule has 0 spiro atoms. The largest absolute Gasteiger partial charge is 0.490 e. The van der Waals surface area contributed by atoms with Crippen molar-refractivity contribution in [3.05, 3.63) is 39.7 Å². The molecule has 7 nitrogen and oxygen atoms in total. The van der Waals surface area contributed by atoms with Crippen molar-refractivity contribution < 1.29 is 28.6 Å². The van der Waals surface area contributed by atoms with E-state index in [0.29, 0.717) is 33.0 Å². The summed E-state index contributed by atoms with van der Waals surface area (Å²) in [6, 6.07) is 3.30. The number of nitrogens with zero attached hydrogens (tertiary/aromatic N) is 1. The van der Waals surface area contributed by atoms with Gasteiger partial charge in [-0.25, -0.2) is 4.79 Å². The van der Waals surface area contributed by atoms with E-state index in [1.165, 1.54) is 13.2 Å². The molecule has 1 aliphatic rings. The number of hydrogen-bond donors (Lipinski definition) is 0. The van der Waals surface area contributed by atoms with E-state index in [1.54, 1.807) is 18.2 Å². The lowest BCUT2D eigenvalue weighted by Gasteiger charge is -2.13. The minimum Gasteiger partial charge on any atom is -0.490 e. The lowest BCUT2D eigenvalue weighted by atomic mass is 10.2. The smallest absolute Gasteiger partial charge is 0.343 e. The average molecular weight is 456 g/mol. The first-order chi connectivity index (χ1) is 12.9. The molecule has 1 aromatic carbocycles. The van der Waals surface area contributed by atoms with E-state index in [2.05, 4.69) is 27.2 Å². The standard InChI is InChI=1S/C18H18BrNO6S/c1-4-6-20-17(22)15(27-18(20)23)8-11-7-13(25-5-2)14(9-12(11)19)26-10-16(21)24-3/h4,7-9H,1,5-6,10H2,2-3H3. The van der Waals surface area contributed by atoms with Crippen LogP contribution in [0.4, 0.5) is 4.79 Å². The second-order valence-corrected chi connectivity index (χ2v) is 7.05. The molecule has 0 bridgehead atoms. The molecule has 9 heteroatoms. The van der Waals surface area contributed by atoms with Gasteiger partial charge in [-0.15, -0.1) is 6.58 Å². The van der Waals surface area contributed by atoms with E-state index in [0.717, 1.165) is 16.7 Å². The van der Waals surface area contributed by atoms with Crippen LogP contribution in [-0.2, 0) is 14.3 Å². The van der Waals surface area contributed by atoms with Crippen LogP contribution in [0.1, 0.15) is 12.5 Å². The van der Waals surface area contributed by atoms with Crippen LogP contribution in [0.5, 0.6) is 11.5 Å². The van der Waals surface area contributed by atoms with Gasteiger partial charge in [0.1, 0.15) is 0 Å². The second kappa shape index (κ2) is 9.61. The number of rotatable bonds is 8. The predicted molar refractivity (Wildman–Crippen MR) is 106 cm³/mol. The van der Waals surface area contributed by atoms with Crippen LogP contribution in [0.3, 0.4) is 0 Å². The Kier molecular flexibility index (Phi) is 7.49. The minimum absolute atomic E-state index is 0.160. The molecule has 1 aliphatic heterocycles. The molecule has 1 heterocycles. The van der Waals surface area contributed by atoms with Gasteiger partial charge in [-0.1, -0.05) is 22.0 Å². The van der Waals surface area contributed by atoms with Crippen LogP contribution in [-0.4, -0.2) is 48.9 Å². The number of amides is 2. The zero-order chi connectivity index (χ0) is 20.0. The number of thioether (sulfide) groups is 1. The maximum atomic E-state index is 12.4. The highest BCUT2D eigenvalue weighted by atomic mass is 79.9. The zero-order valence-electron chi connectivity index (χ0n) is 14.8. The van der Waals surface area contributed by atoms with Crippen LogP contribution in [0.25, 0.3) is 6.08 Å². The van der Waals surface area contributed by atoms with E-state index < -0.39 is 5.97 Å². The first-order valence-electron chi connectivity index (χ1n) is 7.93. The summed E-state index contributed by atoms with van der Waals surface area (Å²) in [6.45, 7) is 5.64. The Morgan fingerprint density at radius 3 is 2.63 bits per heavy atom. The Hall–Kier alpha value is -2.26. The third-order valence-electron chi connectivity index (χ3n) is 3.41. The number of imide groups is 1. The first-order valence-corrected chi connectivity index (χ1v) is 9.54. The number of esters is 1. The Morgan fingerprint density at radius 2 is 2.00 bits per heavy atom. The Bertz CT molecular complexity index is 807. The number of ether oxygens (including phenoxy) is 3. The average Bonchev–Trinajstić information content (AvgIpc) is 2.90. The van der Waals surface area contributed by atoms with Crippen LogP contribution in [0.15, 0.2) is 34.2 Å². The van der Waals surface area contributed by atoms with Gasteiger partial charge in [-0.2, -0.15) is 0 Å². The van der Waals surface area contributed by atoms with Gasteiger partial charge in [0.05, 0.1) is 18.6 Å². The number of hydrogen-bond acceptors (Lipinski definition) is 7. The molecule has 0 N–H and O–H groups in total. The van der Waals surface area contributed by atoms with Gasteiger partial charge in [-0.05, 0) is 42.5 Å². The Labute approximate surface area is 169 Å². The van der Waals surface area contributed by atoms with Gasteiger partial charge in [0.15, 0.2) is 18.1 Å². The van der Waals surface area contributed by atoms with E-state index in [4.69, 9.17) is 9.47 Å². The summed E-state index contributed by atoms with van der Waals surface area (Å²) in [5.41, 5.74) is 0.632. The summed E-state index contributed by atoms with van der Waals surface area (Å²) in [7, 11) is 1.27. The zero-order valence-corrected chi connectivity index (χ0v) is 17.2. The van der Waals surface area contributed by atoms with E-state index in [1.807, 2.05) is 6.92 Å². The highest BCUT2D eigenvalue weighted by Crippen LogP contribution is 2.38. The number of carbonyl (C=O) groups is 3. The van der Waals surface area contributed by atoms with Crippen molar-refractivity contribution in [2.75, 3.05) is 26.9 Å². The summed E-state index contributed by atoms with van der Waals surface area (Å²) in [6.07, 6.45) is 3.10. The fourth-order valence-corrected chi connectivity index (χ4v) is 3.44. The van der Waals surface area contributed by atoms with Crippen molar-refractivity contribution >= 4 is 50.9 Å². The van der Waals surface area contributed by atoms with Gasteiger partial charge >= 0.3 is 5.97 Å². The molecular weight excluding hydrogens is 438 g/mol. The van der Waals surface area contributed by atoms with Gasteiger partial charge < -0.3 is 14.2 Å². The summed E-state index contributed by atoms with van der Waals surface area (Å²) in [4.78, 5) is 37.0. The normalized spacial score (nSPS) is 15.2. The van der Waals surface area contributed by atoms with Gasteiger partial charge in [-0.3, -0.25) is 14.5 Å². The molecule has 0 atom stereocenters. The molecule has 1 aromatic rings. The molecule has 0 aliphatic carbocycles. The van der Waals surface area contributed by atoms with Crippen molar-refractivity contribution in [2.45, 2.75) is 6.92 Å². The van der Waals surface area contributed by atoms with Crippen molar-refractivity contribution in [2.24, 2.45) is 0 Å².